The molecule has 1 aliphatic rings. The summed E-state index contributed by atoms with van der Waals surface area (Å²) in [7, 11) is 0. The van der Waals surface area contributed by atoms with Crippen LogP contribution in [0.5, 0.6) is 0 Å². The number of nitrogens with two attached hydrogens (primary N) is 1. The van der Waals surface area contributed by atoms with Gasteiger partial charge < -0.3 is 11.1 Å². The van der Waals surface area contributed by atoms with E-state index in [9.17, 15) is 0 Å². The first-order chi connectivity index (χ1) is 8.16. The van der Waals surface area contributed by atoms with Gasteiger partial charge in [-0.3, -0.25) is 0 Å². The number of hydrogen-bond acceptors (Lipinski definition) is 2. The van der Waals surface area contributed by atoms with Crippen LogP contribution < -0.4 is 11.1 Å². The van der Waals surface area contributed by atoms with Crippen LogP contribution in [0.3, 0.4) is 0 Å². The predicted molar refractivity (Wildman–Crippen MR) is 68.4 cm³/mol. The van der Waals surface area contributed by atoms with E-state index in [1.165, 1.54) is 0 Å². The summed E-state index contributed by atoms with van der Waals surface area (Å²) >= 11 is 0. The molecule has 1 aromatic rings. The Morgan fingerprint density at radius 2 is 2.00 bits per heavy atom. The molecule has 3 N–H and O–H groups in total. The van der Waals surface area contributed by atoms with Gasteiger partial charge in [0.15, 0.2) is 0 Å². The van der Waals surface area contributed by atoms with Crippen molar-refractivity contribution in [2.75, 3.05) is 13.1 Å². The summed E-state index contributed by atoms with van der Waals surface area (Å²) in [5.41, 5.74) is 6.13. The zero-order chi connectivity index (χ0) is 12.3. The molecule has 1 saturated heterocycles. The van der Waals surface area contributed by atoms with Crippen LogP contribution in [-0.2, 0) is 12.2 Å². The van der Waals surface area contributed by atoms with E-state index in [1.54, 1.807) is 6.92 Å². The standard InChI is InChI=1S/C14H21FN2/c1-14(15,12-6-8-17-9-7-12)13-5-3-2-4-11(13)10-16/h2-5,12,17H,6-10,16H2,1H3. The zero-order valence-corrected chi connectivity index (χ0v) is 10.4. The van der Waals surface area contributed by atoms with Crippen molar-refractivity contribution >= 4 is 0 Å². The van der Waals surface area contributed by atoms with Gasteiger partial charge in [0.1, 0.15) is 5.67 Å². The first kappa shape index (κ1) is 12.5. The second kappa shape index (κ2) is 5.15. The van der Waals surface area contributed by atoms with E-state index >= 15 is 4.39 Å². The minimum atomic E-state index is -1.27. The van der Waals surface area contributed by atoms with Crippen LogP contribution in [0.4, 0.5) is 4.39 Å². The fraction of sp³-hybridized carbons (Fsp3) is 0.571. The maximum atomic E-state index is 15.1. The van der Waals surface area contributed by atoms with Crippen molar-refractivity contribution in [3.05, 3.63) is 35.4 Å². The van der Waals surface area contributed by atoms with E-state index < -0.39 is 5.67 Å². The summed E-state index contributed by atoms with van der Waals surface area (Å²) < 4.78 is 15.1. The van der Waals surface area contributed by atoms with E-state index in [0.29, 0.717) is 6.54 Å². The molecule has 17 heavy (non-hydrogen) atoms. The molecule has 2 nitrogen and oxygen atoms in total. The molecule has 0 saturated carbocycles. The Morgan fingerprint density at radius 3 is 2.65 bits per heavy atom. The summed E-state index contributed by atoms with van der Waals surface area (Å²) in [6, 6.07) is 7.62. The van der Waals surface area contributed by atoms with Gasteiger partial charge in [0.2, 0.25) is 0 Å². The van der Waals surface area contributed by atoms with E-state index in [-0.39, 0.29) is 5.92 Å². The molecule has 2 rings (SSSR count). The molecule has 0 amide bonds. The Balaban J connectivity index is 2.29. The second-order valence-corrected chi connectivity index (χ2v) is 4.96. The molecule has 0 aliphatic carbocycles. The highest BCUT2D eigenvalue weighted by molar-refractivity contribution is 5.32. The first-order valence-corrected chi connectivity index (χ1v) is 6.34. The van der Waals surface area contributed by atoms with Crippen molar-refractivity contribution in [1.29, 1.82) is 0 Å². The Labute approximate surface area is 102 Å². The van der Waals surface area contributed by atoms with E-state index in [4.69, 9.17) is 5.73 Å². The largest absolute Gasteiger partial charge is 0.326 e. The number of piperidine rings is 1. The monoisotopic (exact) mass is 236 g/mol. The maximum Gasteiger partial charge on any atom is 0.136 e. The average molecular weight is 236 g/mol. The van der Waals surface area contributed by atoms with Gasteiger partial charge >= 0.3 is 0 Å². The lowest BCUT2D eigenvalue weighted by Gasteiger charge is -2.35. The zero-order valence-electron chi connectivity index (χ0n) is 10.4. The molecule has 0 bridgehead atoms. The quantitative estimate of drug-likeness (QED) is 0.845. The minimum Gasteiger partial charge on any atom is -0.326 e. The molecule has 1 unspecified atom stereocenters. The fourth-order valence-electron chi connectivity index (χ4n) is 2.76. The molecule has 1 fully saturated rings. The number of halogens is 1. The fourth-order valence-corrected chi connectivity index (χ4v) is 2.76. The Morgan fingerprint density at radius 1 is 1.35 bits per heavy atom. The van der Waals surface area contributed by atoms with Crippen LogP contribution in [0.2, 0.25) is 0 Å². The van der Waals surface area contributed by atoms with Gasteiger partial charge in [-0.1, -0.05) is 24.3 Å². The Hall–Kier alpha value is -0.930. The van der Waals surface area contributed by atoms with Gasteiger partial charge in [0, 0.05) is 6.54 Å². The number of nitrogens with one attached hydrogen (secondary N) is 1. The average Bonchev–Trinajstić information content (AvgIpc) is 2.39. The summed E-state index contributed by atoms with van der Waals surface area (Å²) in [5.74, 6) is 0.0939. The van der Waals surface area contributed by atoms with Crippen molar-refractivity contribution in [1.82, 2.24) is 5.32 Å². The van der Waals surface area contributed by atoms with Crippen molar-refractivity contribution in [2.24, 2.45) is 11.7 Å². The van der Waals surface area contributed by atoms with Gasteiger partial charge in [0.05, 0.1) is 0 Å². The van der Waals surface area contributed by atoms with Crippen molar-refractivity contribution in [3.63, 3.8) is 0 Å². The van der Waals surface area contributed by atoms with Crippen LogP contribution in [0.25, 0.3) is 0 Å². The molecule has 0 radical (unpaired) electrons. The van der Waals surface area contributed by atoms with Gasteiger partial charge in [-0.15, -0.1) is 0 Å². The Bertz CT molecular complexity index is 370. The number of benzene rings is 1. The van der Waals surface area contributed by atoms with Gasteiger partial charge in [-0.2, -0.15) is 0 Å². The van der Waals surface area contributed by atoms with Crippen LogP contribution in [0.15, 0.2) is 24.3 Å². The lowest BCUT2D eigenvalue weighted by molar-refractivity contribution is 0.0764. The van der Waals surface area contributed by atoms with Crippen molar-refractivity contribution in [3.8, 4) is 0 Å². The summed E-state index contributed by atoms with van der Waals surface area (Å²) in [4.78, 5) is 0. The molecule has 3 heteroatoms. The number of hydrogen-bond donors (Lipinski definition) is 2. The van der Waals surface area contributed by atoms with E-state index in [1.807, 2.05) is 24.3 Å². The van der Waals surface area contributed by atoms with Crippen molar-refractivity contribution in [2.45, 2.75) is 32.0 Å². The third-order valence-corrected chi connectivity index (χ3v) is 3.87. The normalized spacial score (nSPS) is 21.1. The van der Waals surface area contributed by atoms with E-state index in [2.05, 4.69) is 5.32 Å². The molecule has 1 aromatic carbocycles. The SMILES string of the molecule is CC(F)(c1ccccc1CN)C1CCNCC1. The smallest absolute Gasteiger partial charge is 0.136 e. The first-order valence-electron chi connectivity index (χ1n) is 6.34. The van der Waals surface area contributed by atoms with Crippen LogP contribution in [0.1, 0.15) is 30.9 Å². The molecule has 0 spiro atoms. The number of rotatable bonds is 3. The highest BCUT2D eigenvalue weighted by Gasteiger charge is 2.37. The summed E-state index contributed by atoms with van der Waals surface area (Å²) in [6.45, 7) is 3.93. The molecule has 1 heterocycles. The van der Waals surface area contributed by atoms with Gasteiger partial charge in [0.25, 0.3) is 0 Å². The molecule has 1 aliphatic heterocycles. The lowest BCUT2D eigenvalue weighted by atomic mass is 9.77. The van der Waals surface area contributed by atoms with Crippen LogP contribution in [0, 0.1) is 5.92 Å². The topological polar surface area (TPSA) is 38.0 Å². The maximum absolute atomic E-state index is 15.1. The summed E-state index contributed by atoms with van der Waals surface area (Å²) in [5, 5.41) is 3.28. The third kappa shape index (κ3) is 2.50. The molecular weight excluding hydrogens is 215 g/mol. The van der Waals surface area contributed by atoms with Crippen molar-refractivity contribution < 1.29 is 4.39 Å². The van der Waals surface area contributed by atoms with Crippen LogP contribution >= 0.6 is 0 Å². The van der Waals surface area contributed by atoms with Crippen LogP contribution in [-0.4, -0.2) is 13.1 Å². The highest BCUT2D eigenvalue weighted by atomic mass is 19.1. The molecule has 1 atom stereocenters. The molecule has 0 aromatic heterocycles. The molecule has 94 valence electrons. The van der Waals surface area contributed by atoms with E-state index in [0.717, 1.165) is 37.1 Å². The lowest BCUT2D eigenvalue weighted by Crippen LogP contribution is -2.38. The molecular formula is C14H21FN2. The highest BCUT2D eigenvalue weighted by Crippen LogP contribution is 2.39. The predicted octanol–water partition coefficient (Wildman–Crippen LogP) is 2.33. The Kier molecular flexibility index (Phi) is 3.79. The minimum absolute atomic E-state index is 0.0939. The number of alkyl halides is 1. The van der Waals surface area contributed by atoms with Gasteiger partial charge in [-0.05, 0) is 49.9 Å². The second-order valence-electron chi connectivity index (χ2n) is 4.96. The summed E-state index contributed by atoms with van der Waals surface area (Å²) in [6.07, 6.45) is 1.79. The third-order valence-electron chi connectivity index (χ3n) is 3.87. The van der Waals surface area contributed by atoms with Gasteiger partial charge in [-0.25, -0.2) is 4.39 Å².